The molecule has 96 valence electrons. The van der Waals surface area contributed by atoms with Gasteiger partial charge in [-0.15, -0.1) is 0 Å². The summed E-state index contributed by atoms with van der Waals surface area (Å²) in [5.41, 5.74) is -0.471. The fourth-order valence-electron chi connectivity index (χ4n) is 2.78. The minimum absolute atomic E-state index is 0.186. The molecular weight excluding hydrogens is 222 g/mol. The molecule has 0 aromatic rings. The van der Waals surface area contributed by atoms with Crippen molar-refractivity contribution in [2.75, 3.05) is 0 Å². The average molecular weight is 248 g/mol. The normalized spacial score (nSPS) is 20.2. The number of unbranched alkanes of at least 4 members (excludes halogenated alkanes) is 3. The molecule has 0 saturated heterocycles. The average Bonchev–Trinajstić information content (AvgIpc) is 2.77. The van der Waals surface area contributed by atoms with Crippen molar-refractivity contribution in [1.82, 2.24) is 0 Å². The zero-order valence-corrected chi connectivity index (χ0v) is 11.8. The van der Waals surface area contributed by atoms with Gasteiger partial charge in [-0.1, -0.05) is 52.4 Å². The molecule has 1 saturated carbocycles. The van der Waals surface area contributed by atoms with Gasteiger partial charge in [-0.05, 0) is 19.3 Å². The van der Waals surface area contributed by atoms with Crippen LogP contribution in [0, 0.1) is 0 Å². The molecule has 0 bridgehead atoms. The van der Waals surface area contributed by atoms with E-state index in [1.807, 2.05) is 0 Å². The van der Waals surface area contributed by atoms with Crippen molar-refractivity contribution in [3.05, 3.63) is 0 Å². The van der Waals surface area contributed by atoms with Gasteiger partial charge in [-0.3, -0.25) is 8.22 Å². The van der Waals surface area contributed by atoms with Gasteiger partial charge in [0.1, 0.15) is 0 Å². The van der Waals surface area contributed by atoms with Crippen LogP contribution in [0.1, 0.15) is 71.6 Å². The summed E-state index contributed by atoms with van der Waals surface area (Å²) in [6.07, 6.45) is 8.97. The van der Waals surface area contributed by atoms with Gasteiger partial charge in [0, 0.05) is 11.1 Å². The maximum Gasteiger partial charge on any atom is 0.430 e. The van der Waals surface area contributed by atoms with Crippen LogP contribution in [-0.4, -0.2) is 8.74 Å². The summed E-state index contributed by atoms with van der Waals surface area (Å²) in [6, 6.07) is 0. The molecule has 1 unspecified atom stereocenters. The van der Waals surface area contributed by atoms with E-state index in [1.165, 1.54) is 12.8 Å². The van der Waals surface area contributed by atoms with Crippen LogP contribution in [0.15, 0.2) is 0 Å². The van der Waals surface area contributed by atoms with Crippen LogP contribution in [0.25, 0.3) is 0 Å². The van der Waals surface area contributed by atoms with Crippen LogP contribution in [0.4, 0.5) is 8.22 Å². The molecule has 1 aliphatic rings. The Labute approximate surface area is 100 Å². The fraction of sp³-hybridized carbons (Fsp3) is 1.00. The van der Waals surface area contributed by atoms with Gasteiger partial charge >= 0.3 is 8.74 Å². The molecule has 1 rings (SSSR count). The molecule has 0 spiro atoms. The lowest BCUT2D eigenvalue weighted by atomic mass is 10.1. The Kier molecular flexibility index (Phi) is 5.94. The van der Waals surface area contributed by atoms with E-state index in [1.54, 1.807) is 6.92 Å². The van der Waals surface area contributed by atoms with Crippen LogP contribution in [0.2, 0.25) is 11.1 Å². The molecule has 0 radical (unpaired) electrons. The molecule has 1 aliphatic carbocycles. The second-order valence-electron chi connectivity index (χ2n) is 5.41. The molecule has 0 aliphatic heterocycles. The molecular formula is C13H26F2Si. The number of rotatable bonds is 7. The maximum absolute atomic E-state index is 14.2. The van der Waals surface area contributed by atoms with Crippen LogP contribution in [0.3, 0.4) is 0 Å². The van der Waals surface area contributed by atoms with Crippen molar-refractivity contribution in [1.29, 1.82) is 0 Å². The number of hydrogen-bond acceptors (Lipinski definition) is 0. The highest BCUT2D eigenvalue weighted by atomic mass is 28.4. The van der Waals surface area contributed by atoms with Crippen molar-refractivity contribution in [3.63, 3.8) is 0 Å². The summed E-state index contributed by atoms with van der Waals surface area (Å²) in [5.74, 6) is 0. The molecule has 0 N–H and O–H groups in total. The Morgan fingerprint density at radius 1 is 1.12 bits per heavy atom. The molecule has 0 nitrogen and oxygen atoms in total. The number of hydrogen-bond donors (Lipinski definition) is 0. The Bertz CT molecular complexity index is 188. The van der Waals surface area contributed by atoms with Crippen molar-refractivity contribution < 1.29 is 8.22 Å². The largest absolute Gasteiger partial charge is 0.430 e. The fourth-order valence-corrected chi connectivity index (χ4v) is 5.35. The van der Waals surface area contributed by atoms with E-state index >= 15 is 0 Å². The summed E-state index contributed by atoms with van der Waals surface area (Å²) in [7, 11) is -3.93. The van der Waals surface area contributed by atoms with Gasteiger partial charge < -0.3 is 0 Å². The van der Waals surface area contributed by atoms with Gasteiger partial charge in [0.15, 0.2) is 0 Å². The molecule has 1 atom stereocenters. The lowest BCUT2D eigenvalue weighted by Crippen LogP contribution is -2.33. The summed E-state index contributed by atoms with van der Waals surface area (Å²) < 4.78 is 28.3. The van der Waals surface area contributed by atoms with Gasteiger partial charge in [-0.25, -0.2) is 0 Å². The minimum atomic E-state index is -3.93. The Morgan fingerprint density at radius 2 is 1.75 bits per heavy atom. The molecule has 0 aromatic heterocycles. The lowest BCUT2D eigenvalue weighted by Gasteiger charge is -2.25. The minimum Gasteiger partial charge on any atom is -0.270 e. The SMILES string of the molecule is CCCCCCC(C)[Si](F)(F)C1CCCC1. The summed E-state index contributed by atoms with van der Waals surface area (Å²) >= 11 is 0. The topological polar surface area (TPSA) is 0 Å². The van der Waals surface area contributed by atoms with Gasteiger partial charge in [0.25, 0.3) is 0 Å². The van der Waals surface area contributed by atoms with Gasteiger partial charge in [-0.2, -0.15) is 0 Å². The first-order valence-electron chi connectivity index (χ1n) is 6.96. The highest BCUT2D eigenvalue weighted by Crippen LogP contribution is 2.47. The standard InChI is InChI=1S/C13H26F2Si/c1-3-4-5-6-9-12(2)16(14,15)13-10-7-8-11-13/h12-13H,3-11H2,1-2H3. The molecule has 0 amide bonds. The summed E-state index contributed by atoms with van der Waals surface area (Å²) in [6.45, 7) is 3.96. The quantitative estimate of drug-likeness (QED) is 0.309. The molecule has 16 heavy (non-hydrogen) atoms. The number of halogens is 2. The monoisotopic (exact) mass is 248 g/mol. The van der Waals surface area contributed by atoms with E-state index in [0.29, 0.717) is 0 Å². The highest BCUT2D eigenvalue weighted by molar-refractivity contribution is 6.69. The third-order valence-corrected chi connectivity index (χ3v) is 7.32. The van der Waals surface area contributed by atoms with Gasteiger partial charge in [0.2, 0.25) is 0 Å². The maximum atomic E-state index is 14.2. The van der Waals surface area contributed by atoms with E-state index in [2.05, 4.69) is 6.92 Å². The van der Waals surface area contributed by atoms with Crippen LogP contribution < -0.4 is 0 Å². The molecule has 0 heterocycles. The Hall–Kier alpha value is 0.0769. The van der Waals surface area contributed by atoms with E-state index in [-0.39, 0.29) is 11.1 Å². The molecule has 0 aromatic carbocycles. The smallest absolute Gasteiger partial charge is 0.270 e. The van der Waals surface area contributed by atoms with Crippen molar-refractivity contribution >= 4 is 8.74 Å². The van der Waals surface area contributed by atoms with Crippen molar-refractivity contribution in [2.45, 2.75) is 82.7 Å². The summed E-state index contributed by atoms with van der Waals surface area (Å²) in [4.78, 5) is 0. The first kappa shape index (κ1) is 14.1. The first-order chi connectivity index (χ1) is 7.59. The van der Waals surface area contributed by atoms with Crippen molar-refractivity contribution in [2.24, 2.45) is 0 Å². The van der Waals surface area contributed by atoms with E-state index in [9.17, 15) is 8.22 Å². The molecule has 1 fully saturated rings. The van der Waals surface area contributed by atoms with Crippen molar-refractivity contribution in [3.8, 4) is 0 Å². The second-order valence-corrected chi connectivity index (χ2v) is 8.56. The van der Waals surface area contributed by atoms with Gasteiger partial charge in [0.05, 0.1) is 0 Å². The zero-order chi connectivity index (χ0) is 12.0. The zero-order valence-electron chi connectivity index (χ0n) is 10.8. The second kappa shape index (κ2) is 6.73. The summed E-state index contributed by atoms with van der Waals surface area (Å²) in [5, 5.41) is 0. The lowest BCUT2D eigenvalue weighted by molar-refractivity contribution is 0.482. The predicted octanol–water partition coefficient (Wildman–Crippen LogP) is 5.67. The van der Waals surface area contributed by atoms with Crippen LogP contribution in [-0.2, 0) is 0 Å². The Morgan fingerprint density at radius 3 is 2.31 bits per heavy atom. The third kappa shape index (κ3) is 3.83. The third-order valence-electron chi connectivity index (χ3n) is 4.05. The van der Waals surface area contributed by atoms with E-state index in [4.69, 9.17) is 0 Å². The molecule has 3 heteroatoms. The van der Waals surface area contributed by atoms with Crippen LogP contribution in [0.5, 0.6) is 0 Å². The Balaban J connectivity index is 2.29. The van der Waals surface area contributed by atoms with E-state index < -0.39 is 8.74 Å². The first-order valence-corrected chi connectivity index (χ1v) is 8.88. The highest BCUT2D eigenvalue weighted by Gasteiger charge is 2.49. The van der Waals surface area contributed by atoms with Crippen LogP contribution >= 0.6 is 0 Å². The van der Waals surface area contributed by atoms with E-state index in [0.717, 1.165) is 44.9 Å². The predicted molar refractivity (Wildman–Crippen MR) is 68.4 cm³/mol.